The van der Waals surface area contributed by atoms with Crippen LogP contribution in [0.25, 0.3) is 0 Å². The zero-order valence-corrected chi connectivity index (χ0v) is 13.3. The minimum Gasteiger partial charge on any atom is -0.341 e. The lowest BCUT2D eigenvalue weighted by atomic mass is 9.77. The molecule has 0 radical (unpaired) electrons. The van der Waals surface area contributed by atoms with Crippen LogP contribution in [0.5, 0.6) is 0 Å². The minimum absolute atomic E-state index is 0.288. The van der Waals surface area contributed by atoms with Gasteiger partial charge in [0.1, 0.15) is 0 Å². The highest BCUT2D eigenvalue weighted by Gasteiger charge is 2.45. The van der Waals surface area contributed by atoms with Gasteiger partial charge in [-0.15, -0.1) is 0 Å². The average Bonchev–Trinajstić information content (AvgIpc) is 3.18. The topological polar surface area (TPSA) is 32.3 Å². The van der Waals surface area contributed by atoms with E-state index in [1.807, 2.05) is 36.2 Å². The number of likely N-dealkylation sites (N-methyl/N-ethyl adjacent to an activating group) is 1. The summed E-state index contributed by atoms with van der Waals surface area (Å²) in [7, 11) is 1.97. The van der Waals surface area contributed by atoms with Crippen LogP contribution in [-0.4, -0.2) is 37.0 Å². The molecule has 21 heavy (non-hydrogen) atoms. The molecular formula is C17H23ClN2O. The fraction of sp³-hybridized carbons (Fsp3) is 0.588. The number of halogens is 1. The summed E-state index contributed by atoms with van der Waals surface area (Å²) in [6.07, 6.45) is 5.23. The van der Waals surface area contributed by atoms with E-state index in [2.05, 4.69) is 5.32 Å². The molecule has 2 aliphatic rings. The molecule has 1 aromatic carbocycles. The highest BCUT2D eigenvalue weighted by Crippen LogP contribution is 2.43. The zero-order chi connectivity index (χ0) is 14.9. The average molecular weight is 307 g/mol. The highest BCUT2D eigenvalue weighted by atomic mass is 35.5. The smallest absolute Gasteiger partial charge is 0.233 e. The van der Waals surface area contributed by atoms with Gasteiger partial charge in [0, 0.05) is 24.7 Å². The van der Waals surface area contributed by atoms with Gasteiger partial charge < -0.3 is 10.2 Å². The molecule has 2 fully saturated rings. The van der Waals surface area contributed by atoms with E-state index in [1.54, 1.807) is 0 Å². The Morgan fingerprint density at radius 2 is 1.95 bits per heavy atom. The quantitative estimate of drug-likeness (QED) is 0.931. The van der Waals surface area contributed by atoms with Crippen molar-refractivity contribution in [3.8, 4) is 0 Å². The van der Waals surface area contributed by atoms with Crippen LogP contribution in [0.4, 0.5) is 0 Å². The molecule has 1 aromatic rings. The molecule has 0 aromatic heterocycles. The number of nitrogens with zero attached hydrogens (tertiary/aromatic N) is 1. The molecule has 1 amide bonds. The number of benzene rings is 1. The van der Waals surface area contributed by atoms with Gasteiger partial charge >= 0.3 is 0 Å². The Bertz CT molecular complexity index is 502. The van der Waals surface area contributed by atoms with Crippen molar-refractivity contribution < 1.29 is 4.79 Å². The second kappa shape index (κ2) is 5.98. The first-order chi connectivity index (χ1) is 10.1. The standard InChI is InChI=1S/C17H23ClN2O/c1-20(15-8-11-19-12-15)16(21)17(9-2-3-10-17)13-4-6-14(18)7-5-13/h4-7,15,19H,2-3,8-12H2,1H3. The third-order valence-electron chi connectivity index (χ3n) is 5.17. The predicted octanol–water partition coefficient (Wildman–Crippen LogP) is 2.97. The van der Waals surface area contributed by atoms with Crippen LogP contribution in [0.1, 0.15) is 37.7 Å². The van der Waals surface area contributed by atoms with E-state index in [4.69, 9.17) is 11.6 Å². The van der Waals surface area contributed by atoms with E-state index < -0.39 is 0 Å². The van der Waals surface area contributed by atoms with Crippen molar-refractivity contribution in [3.05, 3.63) is 34.9 Å². The molecule has 3 nitrogen and oxygen atoms in total. The van der Waals surface area contributed by atoms with Crippen molar-refractivity contribution >= 4 is 17.5 Å². The van der Waals surface area contributed by atoms with Crippen LogP contribution < -0.4 is 5.32 Å². The number of amides is 1. The van der Waals surface area contributed by atoms with Crippen molar-refractivity contribution in [3.63, 3.8) is 0 Å². The van der Waals surface area contributed by atoms with E-state index in [9.17, 15) is 4.79 Å². The monoisotopic (exact) mass is 306 g/mol. The molecule has 1 heterocycles. The van der Waals surface area contributed by atoms with Gasteiger partial charge in [0.25, 0.3) is 0 Å². The van der Waals surface area contributed by atoms with Crippen molar-refractivity contribution in [1.82, 2.24) is 10.2 Å². The summed E-state index contributed by atoms with van der Waals surface area (Å²) >= 11 is 6.01. The van der Waals surface area contributed by atoms with Crippen LogP contribution in [-0.2, 0) is 10.2 Å². The van der Waals surface area contributed by atoms with Gasteiger partial charge in [-0.2, -0.15) is 0 Å². The Balaban J connectivity index is 1.89. The van der Waals surface area contributed by atoms with Gasteiger partial charge in [-0.1, -0.05) is 36.6 Å². The maximum atomic E-state index is 13.2. The van der Waals surface area contributed by atoms with Gasteiger partial charge in [0.15, 0.2) is 0 Å². The van der Waals surface area contributed by atoms with Crippen LogP contribution in [0.2, 0.25) is 5.02 Å². The Hall–Kier alpha value is -1.06. The molecule has 3 rings (SSSR count). The van der Waals surface area contributed by atoms with Gasteiger partial charge in [-0.05, 0) is 43.5 Å². The third kappa shape index (κ3) is 2.69. The lowest BCUT2D eigenvalue weighted by molar-refractivity contribution is -0.137. The second-order valence-corrected chi connectivity index (χ2v) is 6.80. The molecule has 1 aliphatic carbocycles. The number of carbonyl (C=O) groups excluding carboxylic acids is 1. The molecule has 4 heteroatoms. The number of nitrogens with one attached hydrogen (secondary N) is 1. The number of rotatable bonds is 3. The van der Waals surface area contributed by atoms with Crippen LogP contribution in [0.3, 0.4) is 0 Å². The van der Waals surface area contributed by atoms with E-state index in [0.717, 1.165) is 55.8 Å². The van der Waals surface area contributed by atoms with Crippen molar-refractivity contribution in [2.75, 3.05) is 20.1 Å². The SMILES string of the molecule is CN(C(=O)C1(c2ccc(Cl)cc2)CCCC1)C1CCNC1. The summed E-state index contributed by atoms with van der Waals surface area (Å²) < 4.78 is 0. The first-order valence-corrected chi connectivity index (χ1v) is 8.25. The molecule has 0 bridgehead atoms. The first kappa shape index (κ1) is 14.9. The summed E-state index contributed by atoms with van der Waals surface area (Å²) in [4.78, 5) is 15.2. The van der Waals surface area contributed by atoms with Gasteiger partial charge in [-0.25, -0.2) is 0 Å². The normalized spacial score (nSPS) is 24.2. The predicted molar refractivity (Wildman–Crippen MR) is 85.6 cm³/mol. The summed E-state index contributed by atoms with van der Waals surface area (Å²) in [5, 5.41) is 4.08. The largest absolute Gasteiger partial charge is 0.341 e. The fourth-order valence-electron chi connectivity index (χ4n) is 3.85. The maximum Gasteiger partial charge on any atom is 0.233 e. The molecule has 1 unspecified atom stereocenters. The summed E-state index contributed by atoms with van der Waals surface area (Å²) in [5.74, 6) is 0.288. The molecule has 1 saturated carbocycles. The van der Waals surface area contributed by atoms with E-state index >= 15 is 0 Å². The van der Waals surface area contributed by atoms with Crippen molar-refractivity contribution in [2.24, 2.45) is 0 Å². The number of hydrogen-bond acceptors (Lipinski definition) is 2. The molecule has 1 saturated heterocycles. The van der Waals surface area contributed by atoms with Gasteiger partial charge in [-0.3, -0.25) is 4.79 Å². The van der Waals surface area contributed by atoms with E-state index in [0.29, 0.717) is 6.04 Å². The van der Waals surface area contributed by atoms with Crippen molar-refractivity contribution in [2.45, 2.75) is 43.6 Å². The lowest BCUT2D eigenvalue weighted by Crippen LogP contribution is -2.48. The van der Waals surface area contributed by atoms with Crippen LogP contribution in [0, 0.1) is 0 Å². The van der Waals surface area contributed by atoms with E-state index in [-0.39, 0.29) is 11.3 Å². The molecule has 1 aliphatic heterocycles. The zero-order valence-electron chi connectivity index (χ0n) is 12.6. The lowest BCUT2D eigenvalue weighted by Gasteiger charge is -2.35. The summed E-state index contributed by atoms with van der Waals surface area (Å²) in [5.41, 5.74) is 0.800. The summed E-state index contributed by atoms with van der Waals surface area (Å²) in [6.45, 7) is 1.93. The van der Waals surface area contributed by atoms with Crippen molar-refractivity contribution in [1.29, 1.82) is 0 Å². The van der Waals surface area contributed by atoms with Gasteiger partial charge in [0.05, 0.1) is 5.41 Å². The Morgan fingerprint density at radius 1 is 1.29 bits per heavy atom. The molecule has 114 valence electrons. The Kier molecular flexibility index (Phi) is 4.23. The Labute approximate surface area is 131 Å². The molecule has 1 atom stereocenters. The molecule has 1 N–H and O–H groups in total. The Morgan fingerprint density at radius 3 is 2.52 bits per heavy atom. The number of carbonyl (C=O) groups is 1. The molecular weight excluding hydrogens is 284 g/mol. The van der Waals surface area contributed by atoms with Crippen LogP contribution in [0.15, 0.2) is 24.3 Å². The third-order valence-corrected chi connectivity index (χ3v) is 5.42. The van der Waals surface area contributed by atoms with Crippen LogP contribution >= 0.6 is 11.6 Å². The number of hydrogen-bond donors (Lipinski definition) is 1. The maximum absolute atomic E-state index is 13.2. The minimum atomic E-state index is -0.331. The van der Waals surface area contributed by atoms with Gasteiger partial charge in [0.2, 0.25) is 5.91 Å². The fourth-order valence-corrected chi connectivity index (χ4v) is 3.97. The van der Waals surface area contributed by atoms with E-state index in [1.165, 1.54) is 0 Å². The first-order valence-electron chi connectivity index (χ1n) is 7.87. The summed E-state index contributed by atoms with van der Waals surface area (Å²) in [6, 6.07) is 8.21. The second-order valence-electron chi connectivity index (χ2n) is 6.36. The highest BCUT2D eigenvalue weighted by molar-refractivity contribution is 6.30. The molecule has 0 spiro atoms.